The van der Waals surface area contributed by atoms with Gasteiger partial charge in [-0.3, -0.25) is 9.55 Å². The molecule has 0 amide bonds. The molecule has 0 aliphatic rings. The van der Waals surface area contributed by atoms with Crippen molar-refractivity contribution in [2.75, 3.05) is 0 Å². The molecule has 84 valence electrons. The molecule has 16 heavy (non-hydrogen) atoms. The van der Waals surface area contributed by atoms with Gasteiger partial charge in [0.2, 0.25) is 0 Å². The number of rotatable bonds is 2. The molecule has 0 radical (unpaired) electrons. The number of hydrogen-bond donors (Lipinski definition) is 2. The van der Waals surface area contributed by atoms with Crippen LogP contribution >= 0.6 is 0 Å². The maximum atomic E-state index is 11.7. The second kappa shape index (κ2) is 3.19. The van der Waals surface area contributed by atoms with Crippen molar-refractivity contribution in [3.8, 4) is 0 Å². The third-order valence-electron chi connectivity index (χ3n) is 2.57. The zero-order valence-electron chi connectivity index (χ0n) is 8.89. The molecule has 2 aromatic rings. The number of aromatic amines is 1. The van der Waals surface area contributed by atoms with Gasteiger partial charge in [0.15, 0.2) is 0 Å². The highest BCUT2D eigenvalue weighted by Gasteiger charge is 2.32. The van der Waals surface area contributed by atoms with Crippen LogP contribution in [0.5, 0.6) is 0 Å². The van der Waals surface area contributed by atoms with Gasteiger partial charge < -0.3 is 10.1 Å². The number of carboxylic acids is 1. The molecule has 2 rings (SSSR count). The summed E-state index contributed by atoms with van der Waals surface area (Å²) in [5.41, 5.74) is -0.680. The van der Waals surface area contributed by atoms with E-state index in [1.807, 2.05) is 0 Å². The largest absolute Gasteiger partial charge is 0.480 e. The number of nitrogens with one attached hydrogen (secondary N) is 1. The average molecular weight is 221 g/mol. The summed E-state index contributed by atoms with van der Waals surface area (Å²) in [6, 6.07) is 1.61. The van der Waals surface area contributed by atoms with Gasteiger partial charge in [-0.1, -0.05) is 0 Å². The SMILES string of the molecule is CC(C)(C(=O)O)n1c(=O)[nH]c2cnccc21. The van der Waals surface area contributed by atoms with Gasteiger partial charge in [0.1, 0.15) is 5.54 Å². The Kier molecular flexibility index (Phi) is 2.08. The summed E-state index contributed by atoms with van der Waals surface area (Å²) in [5.74, 6) is -1.06. The van der Waals surface area contributed by atoms with Gasteiger partial charge >= 0.3 is 11.7 Å². The third-order valence-corrected chi connectivity index (χ3v) is 2.57. The van der Waals surface area contributed by atoms with Crippen LogP contribution in [0.4, 0.5) is 0 Å². The van der Waals surface area contributed by atoms with Crippen molar-refractivity contribution in [2.45, 2.75) is 19.4 Å². The molecule has 0 spiro atoms. The topological polar surface area (TPSA) is 88.0 Å². The number of imidazole rings is 1. The van der Waals surface area contributed by atoms with Crippen LogP contribution in [-0.4, -0.2) is 25.6 Å². The van der Waals surface area contributed by atoms with E-state index in [9.17, 15) is 9.59 Å². The fraction of sp³-hybridized carbons (Fsp3) is 0.300. The number of carbonyl (C=O) groups is 1. The average Bonchev–Trinajstić information content (AvgIpc) is 2.53. The molecule has 2 aromatic heterocycles. The fourth-order valence-electron chi connectivity index (χ4n) is 1.61. The Morgan fingerprint density at radius 1 is 1.56 bits per heavy atom. The summed E-state index contributed by atoms with van der Waals surface area (Å²) in [4.78, 5) is 29.3. The van der Waals surface area contributed by atoms with Gasteiger partial charge in [-0.25, -0.2) is 9.59 Å². The second-order valence-corrected chi connectivity index (χ2v) is 4.02. The first-order valence-electron chi connectivity index (χ1n) is 4.73. The quantitative estimate of drug-likeness (QED) is 0.774. The molecule has 6 heteroatoms. The smallest absolute Gasteiger partial charge is 0.329 e. The normalized spacial score (nSPS) is 11.9. The second-order valence-electron chi connectivity index (χ2n) is 4.02. The number of fused-ring (bicyclic) bond motifs is 1. The summed E-state index contributed by atoms with van der Waals surface area (Å²) >= 11 is 0. The maximum Gasteiger partial charge on any atom is 0.329 e. The first-order valence-corrected chi connectivity index (χ1v) is 4.73. The van der Waals surface area contributed by atoms with E-state index in [0.717, 1.165) is 0 Å². The highest BCUT2D eigenvalue weighted by molar-refractivity contribution is 5.81. The zero-order valence-corrected chi connectivity index (χ0v) is 8.89. The van der Waals surface area contributed by atoms with Gasteiger partial charge in [-0.2, -0.15) is 0 Å². The molecule has 0 unspecified atom stereocenters. The minimum absolute atomic E-state index is 0.449. The van der Waals surface area contributed by atoms with Crippen molar-refractivity contribution in [3.63, 3.8) is 0 Å². The number of pyridine rings is 1. The van der Waals surface area contributed by atoms with Crippen molar-refractivity contribution < 1.29 is 9.90 Å². The molecule has 2 heterocycles. The lowest BCUT2D eigenvalue weighted by molar-refractivity contribution is -0.145. The molecule has 0 saturated carbocycles. The summed E-state index contributed by atoms with van der Waals surface area (Å²) in [7, 11) is 0. The maximum absolute atomic E-state index is 11.7. The minimum atomic E-state index is -1.29. The van der Waals surface area contributed by atoms with Crippen molar-refractivity contribution in [3.05, 3.63) is 28.9 Å². The highest BCUT2D eigenvalue weighted by atomic mass is 16.4. The summed E-state index contributed by atoms with van der Waals surface area (Å²) in [6.07, 6.45) is 3.01. The molecular formula is C10H11N3O3. The Labute approximate surface area is 90.5 Å². The standard InChI is InChI=1S/C10H11N3O3/c1-10(2,8(14)15)13-7-3-4-11-5-6(7)12-9(13)16/h3-5H,1-2H3,(H,12,16)(H,14,15). The first-order chi connectivity index (χ1) is 7.44. The fourth-order valence-corrected chi connectivity index (χ4v) is 1.61. The van der Waals surface area contributed by atoms with Gasteiger partial charge in [-0.15, -0.1) is 0 Å². The van der Waals surface area contributed by atoms with Crippen molar-refractivity contribution in [1.29, 1.82) is 0 Å². The van der Waals surface area contributed by atoms with Gasteiger partial charge in [0.05, 0.1) is 17.2 Å². The monoisotopic (exact) mass is 221 g/mol. The number of carboxylic acid groups (broad SMARTS) is 1. The van der Waals surface area contributed by atoms with Crippen LogP contribution in [0.15, 0.2) is 23.3 Å². The van der Waals surface area contributed by atoms with Crippen LogP contribution < -0.4 is 5.69 Å². The van der Waals surface area contributed by atoms with Gasteiger partial charge in [0.25, 0.3) is 0 Å². The number of aromatic nitrogens is 3. The van der Waals surface area contributed by atoms with Gasteiger partial charge in [-0.05, 0) is 19.9 Å². The summed E-state index contributed by atoms with van der Waals surface area (Å²) < 4.78 is 1.21. The van der Waals surface area contributed by atoms with E-state index in [2.05, 4.69) is 9.97 Å². The van der Waals surface area contributed by atoms with E-state index in [1.54, 1.807) is 6.07 Å². The molecule has 6 nitrogen and oxygen atoms in total. The molecule has 2 N–H and O–H groups in total. The van der Waals surface area contributed by atoms with E-state index >= 15 is 0 Å². The van der Waals surface area contributed by atoms with E-state index in [4.69, 9.17) is 5.11 Å². The molecule has 0 aliphatic heterocycles. The lowest BCUT2D eigenvalue weighted by Gasteiger charge is -2.20. The third kappa shape index (κ3) is 1.30. The molecule has 0 aliphatic carbocycles. The van der Waals surface area contributed by atoms with Crippen LogP contribution in [0.25, 0.3) is 11.0 Å². The predicted octanol–water partition coefficient (Wildman–Crippen LogP) is 0.544. The van der Waals surface area contributed by atoms with Crippen molar-refractivity contribution >= 4 is 17.0 Å². The summed E-state index contributed by atoms with van der Waals surface area (Å²) in [5, 5.41) is 9.11. The highest BCUT2D eigenvalue weighted by Crippen LogP contribution is 2.19. The van der Waals surface area contributed by atoms with Crippen LogP contribution in [0.1, 0.15) is 13.8 Å². The van der Waals surface area contributed by atoms with Crippen LogP contribution in [0, 0.1) is 0 Å². The van der Waals surface area contributed by atoms with Crippen LogP contribution in [0.3, 0.4) is 0 Å². The van der Waals surface area contributed by atoms with E-state index in [0.29, 0.717) is 11.0 Å². The first kappa shape index (κ1) is 10.4. The Balaban J connectivity index is 2.83. The van der Waals surface area contributed by atoms with Gasteiger partial charge in [0, 0.05) is 6.20 Å². The molecule has 0 saturated heterocycles. The molecule has 0 aromatic carbocycles. The number of nitrogens with zero attached hydrogens (tertiary/aromatic N) is 2. The Bertz CT molecular complexity index is 609. The van der Waals surface area contributed by atoms with E-state index in [-0.39, 0.29) is 0 Å². The Hall–Kier alpha value is -2.11. The predicted molar refractivity (Wildman–Crippen MR) is 57.3 cm³/mol. The molecular weight excluding hydrogens is 210 g/mol. The van der Waals surface area contributed by atoms with Crippen LogP contribution in [-0.2, 0) is 10.3 Å². The molecule has 0 atom stereocenters. The minimum Gasteiger partial charge on any atom is -0.480 e. The number of hydrogen-bond acceptors (Lipinski definition) is 3. The van der Waals surface area contributed by atoms with E-state index < -0.39 is 17.2 Å². The summed E-state index contributed by atoms with van der Waals surface area (Å²) in [6.45, 7) is 2.95. The number of aliphatic carboxylic acids is 1. The number of H-pyrrole nitrogens is 1. The lowest BCUT2D eigenvalue weighted by atomic mass is 10.1. The van der Waals surface area contributed by atoms with Crippen molar-refractivity contribution in [1.82, 2.24) is 14.5 Å². The molecule has 0 bridgehead atoms. The lowest BCUT2D eigenvalue weighted by Crippen LogP contribution is -2.41. The Morgan fingerprint density at radius 3 is 2.88 bits per heavy atom. The molecule has 0 fully saturated rings. The Morgan fingerprint density at radius 2 is 2.25 bits per heavy atom. The van der Waals surface area contributed by atoms with Crippen LogP contribution in [0.2, 0.25) is 0 Å². The van der Waals surface area contributed by atoms with Crippen molar-refractivity contribution in [2.24, 2.45) is 0 Å². The zero-order chi connectivity index (χ0) is 11.9. The van der Waals surface area contributed by atoms with E-state index in [1.165, 1.54) is 30.8 Å².